The van der Waals surface area contributed by atoms with Crippen molar-refractivity contribution in [1.29, 1.82) is 0 Å². The summed E-state index contributed by atoms with van der Waals surface area (Å²) in [7, 11) is 0. The largest absolute Gasteiger partial charge is 0.441 e. The fourth-order valence-corrected chi connectivity index (χ4v) is 3.62. The highest BCUT2D eigenvalue weighted by Gasteiger charge is 2.52. The first kappa shape index (κ1) is 16.6. The molecule has 1 fully saturated rings. The van der Waals surface area contributed by atoms with Crippen LogP contribution in [0.25, 0.3) is 0 Å². The molecule has 0 aromatic heterocycles. The molecule has 2 heterocycles. The molecule has 5 nitrogen and oxygen atoms in total. The zero-order chi connectivity index (χ0) is 18.1. The zero-order valence-electron chi connectivity index (χ0n) is 15.0. The lowest BCUT2D eigenvalue weighted by atomic mass is 9.91. The second-order valence-corrected chi connectivity index (χ2v) is 7.25. The molecule has 134 valence electrons. The minimum Gasteiger partial charge on any atom is -0.441 e. The van der Waals surface area contributed by atoms with Crippen LogP contribution in [0.15, 0.2) is 65.8 Å². The van der Waals surface area contributed by atoms with Gasteiger partial charge in [-0.25, -0.2) is 4.79 Å². The Bertz CT molecular complexity index is 818. The summed E-state index contributed by atoms with van der Waals surface area (Å²) in [5.41, 5.74) is 2.44. The number of ether oxygens (including phenoxy) is 1. The van der Waals surface area contributed by atoms with Gasteiger partial charge in [-0.05, 0) is 31.4 Å². The maximum absolute atomic E-state index is 12.6. The molecule has 2 aliphatic heterocycles. The maximum Gasteiger partial charge on any atom is 0.413 e. The van der Waals surface area contributed by atoms with E-state index in [4.69, 9.17) is 9.57 Å². The molecule has 26 heavy (non-hydrogen) atoms. The molecule has 2 aromatic rings. The molecule has 1 saturated heterocycles. The summed E-state index contributed by atoms with van der Waals surface area (Å²) >= 11 is 0. The number of benzene rings is 2. The number of amides is 1. The lowest BCUT2D eigenvalue weighted by Gasteiger charge is -2.31. The van der Waals surface area contributed by atoms with Gasteiger partial charge < -0.3 is 9.57 Å². The Kier molecular flexibility index (Phi) is 4.15. The topological polar surface area (TPSA) is 51.1 Å². The van der Waals surface area contributed by atoms with Gasteiger partial charge in [-0.15, -0.1) is 0 Å². The van der Waals surface area contributed by atoms with Gasteiger partial charge in [0.05, 0.1) is 18.2 Å². The molecular formula is C21H22N2O3. The van der Waals surface area contributed by atoms with E-state index in [-0.39, 0.29) is 12.1 Å². The Balaban J connectivity index is 1.55. The van der Waals surface area contributed by atoms with E-state index in [0.29, 0.717) is 12.8 Å². The van der Waals surface area contributed by atoms with E-state index in [0.717, 1.165) is 16.8 Å². The Hall–Kier alpha value is -2.82. The van der Waals surface area contributed by atoms with Gasteiger partial charge in [0.1, 0.15) is 5.60 Å². The van der Waals surface area contributed by atoms with E-state index in [9.17, 15) is 4.79 Å². The van der Waals surface area contributed by atoms with Gasteiger partial charge in [-0.2, -0.15) is 0 Å². The first-order chi connectivity index (χ1) is 12.5. The maximum atomic E-state index is 12.6. The highest BCUT2D eigenvalue weighted by atomic mass is 16.7. The first-order valence-electron chi connectivity index (χ1n) is 8.88. The van der Waals surface area contributed by atoms with Gasteiger partial charge in [-0.3, -0.25) is 4.90 Å². The lowest BCUT2D eigenvalue weighted by Crippen LogP contribution is -2.48. The summed E-state index contributed by atoms with van der Waals surface area (Å²) < 4.78 is 5.66. The minimum absolute atomic E-state index is 0.118. The van der Waals surface area contributed by atoms with Gasteiger partial charge in [0.2, 0.25) is 6.23 Å². The minimum atomic E-state index is -0.591. The van der Waals surface area contributed by atoms with Crippen LogP contribution in [0.3, 0.4) is 0 Å². The van der Waals surface area contributed by atoms with Crippen molar-refractivity contribution in [2.75, 3.05) is 0 Å². The summed E-state index contributed by atoms with van der Waals surface area (Å²) in [5.74, 6) is 0. The van der Waals surface area contributed by atoms with Crippen LogP contribution in [0.5, 0.6) is 0 Å². The number of oxime groups is 1. The summed E-state index contributed by atoms with van der Waals surface area (Å²) in [6.07, 6.45) is 0.485. The van der Waals surface area contributed by atoms with E-state index < -0.39 is 11.8 Å². The second kappa shape index (κ2) is 6.48. The van der Waals surface area contributed by atoms with Crippen molar-refractivity contribution in [1.82, 2.24) is 4.90 Å². The van der Waals surface area contributed by atoms with Crippen molar-refractivity contribution in [3.05, 3.63) is 71.8 Å². The predicted molar refractivity (Wildman–Crippen MR) is 98.8 cm³/mol. The Morgan fingerprint density at radius 2 is 1.73 bits per heavy atom. The Labute approximate surface area is 153 Å². The van der Waals surface area contributed by atoms with E-state index >= 15 is 0 Å². The highest BCUT2D eigenvalue weighted by Crippen LogP contribution is 2.36. The molecule has 0 spiro atoms. The standard InChI is InChI=1S/C21H22N2O3/c1-21(2)18(13-15-9-5-3-6-10-15)23(20(24)25-21)19-14-17(22-26-19)16-11-7-4-8-12-16/h3-12,18-19H,13-14H2,1-2H3/t18-,19-/m0/s1. The third-order valence-corrected chi connectivity index (χ3v) is 5.04. The molecular weight excluding hydrogens is 328 g/mol. The monoisotopic (exact) mass is 350 g/mol. The van der Waals surface area contributed by atoms with Gasteiger partial charge in [0.25, 0.3) is 0 Å². The van der Waals surface area contributed by atoms with Gasteiger partial charge in [-0.1, -0.05) is 65.8 Å². The third kappa shape index (κ3) is 3.05. The van der Waals surface area contributed by atoms with E-state index in [1.54, 1.807) is 4.90 Å². The quantitative estimate of drug-likeness (QED) is 0.838. The van der Waals surface area contributed by atoms with Crippen molar-refractivity contribution >= 4 is 11.8 Å². The Morgan fingerprint density at radius 1 is 1.08 bits per heavy atom. The number of hydrogen-bond donors (Lipinski definition) is 0. The molecule has 0 N–H and O–H groups in total. The molecule has 2 atom stereocenters. The number of nitrogens with zero attached hydrogens (tertiary/aromatic N) is 2. The zero-order valence-corrected chi connectivity index (χ0v) is 15.0. The average molecular weight is 350 g/mol. The normalized spacial score (nSPS) is 24.2. The highest BCUT2D eigenvalue weighted by molar-refractivity contribution is 6.01. The molecule has 0 unspecified atom stereocenters. The summed E-state index contributed by atoms with van der Waals surface area (Å²) in [4.78, 5) is 20.0. The van der Waals surface area contributed by atoms with E-state index in [1.807, 2.05) is 62.4 Å². The number of carbonyl (C=O) groups excluding carboxylic acids is 1. The predicted octanol–water partition coefficient (Wildman–Crippen LogP) is 3.98. The van der Waals surface area contributed by atoms with Crippen molar-refractivity contribution < 1.29 is 14.4 Å². The van der Waals surface area contributed by atoms with Crippen LogP contribution in [-0.2, 0) is 16.0 Å². The fraction of sp³-hybridized carbons (Fsp3) is 0.333. The van der Waals surface area contributed by atoms with Crippen molar-refractivity contribution in [3.8, 4) is 0 Å². The summed E-state index contributed by atoms with van der Waals surface area (Å²) in [6.45, 7) is 3.90. The van der Waals surface area contributed by atoms with Gasteiger partial charge in [0, 0.05) is 0 Å². The summed E-state index contributed by atoms with van der Waals surface area (Å²) in [5, 5.41) is 4.22. The molecule has 2 aliphatic rings. The molecule has 0 radical (unpaired) electrons. The van der Waals surface area contributed by atoms with Crippen LogP contribution >= 0.6 is 0 Å². The molecule has 4 rings (SSSR count). The first-order valence-corrected chi connectivity index (χ1v) is 8.88. The van der Waals surface area contributed by atoms with Crippen molar-refractivity contribution in [2.24, 2.45) is 5.16 Å². The van der Waals surface area contributed by atoms with E-state index in [2.05, 4.69) is 17.3 Å². The molecule has 0 bridgehead atoms. The third-order valence-electron chi connectivity index (χ3n) is 5.04. The van der Waals surface area contributed by atoms with Crippen molar-refractivity contribution in [2.45, 2.75) is 44.6 Å². The molecule has 1 amide bonds. The van der Waals surface area contributed by atoms with Crippen LogP contribution in [0.2, 0.25) is 0 Å². The SMILES string of the molecule is CC1(C)OC(=O)N([C@@H]2CC(c3ccccc3)=NO2)[C@H]1Cc1ccccc1. The van der Waals surface area contributed by atoms with Gasteiger partial charge in [0.15, 0.2) is 0 Å². The molecule has 0 saturated carbocycles. The van der Waals surface area contributed by atoms with Crippen LogP contribution in [-0.4, -0.2) is 34.6 Å². The van der Waals surface area contributed by atoms with Crippen LogP contribution in [0.4, 0.5) is 4.79 Å². The van der Waals surface area contributed by atoms with Gasteiger partial charge >= 0.3 is 6.09 Å². The Morgan fingerprint density at radius 3 is 2.42 bits per heavy atom. The molecule has 0 aliphatic carbocycles. The molecule has 2 aromatic carbocycles. The summed E-state index contributed by atoms with van der Waals surface area (Å²) in [6, 6.07) is 19.9. The van der Waals surface area contributed by atoms with Crippen LogP contribution in [0, 0.1) is 0 Å². The number of hydrogen-bond acceptors (Lipinski definition) is 4. The van der Waals surface area contributed by atoms with E-state index in [1.165, 1.54) is 0 Å². The lowest BCUT2D eigenvalue weighted by molar-refractivity contribution is -0.0285. The second-order valence-electron chi connectivity index (χ2n) is 7.25. The smallest absolute Gasteiger partial charge is 0.413 e. The average Bonchev–Trinajstić information content (AvgIpc) is 3.19. The van der Waals surface area contributed by atoms with Crippen LogP contribution < -0.4 is 0 Å². The number of rotatable bonds is 4. The van der Waals surface area contributed by atoms with Crippen LogP contribution in [0.1, 0.15) is 31.4 Å². The molecule has 5 heteroatoms. The number of cyclic esters (lactones) is 1. The fourth-order valence-electron chi connectivity index (χ4n) is 3.62. The van der Waals surface area contributed by atoms with Crippen molar-refractivity contribution in [3.63, 3.8) is 0 Å². The number of carbonyl (C=O) groups is 1.